The number of hydrogen-bond acceptors (Lipinski definition) is 0. The lowest BCUT2D eigenvalue weighted by Gasteiger charge is -2.06. The fourth-order valence-electron chi connectivity index (χ4n) is 5.22. The van der Waals surface area contributed by atoms with Crippen molar-refractivity contribution in [2.24, 2.45) is 0 Å². The van der Waals surface area contributed by atoms with Gasteiger partial charge >= 0.3 is 0 Å². The molecule has 0 aliphatic heterocycles. The van der Waals surface area contributed by atoms with Gasteiger partial charge in [-0.2, -0.15) is 0 Å². The van der Waals surface area contributed by atoms with Gasteiger partial charge in [-0.1, -0.05) is 78.9 Å². The maximum absolute atomic E-state index is 2.32. The van der Waals surface area contributed by atoms with Gasteiger partial charge in [0.15, 0.2) is 0 Å². The van der Waals surface area contributed by atoms with Gasteiger partial charge in [0.2, 0.25) is 0 Å². The SMILES string of the molecule is c1cc2c3c(cccc3c1)CC2.c1ccc2c3c4c(cccc4cc2c1)CC3. The van der Waals surface area contributed by atoms with Gasteiger partial charge in [0, 0.05) is 0 Å². The lowest BCUT2D eigenvalue weighted by molar-refractivity contribution is 1.02. The van der Waals surface area contributed by atoms with E-state index in [0.29, 0.717) is 0 Å². The smallest absolute Gasteiger partial charge is 0.0113 e. The second kappa shape index (κ2) is 6.21. The summed E-state index contributed by atoms with van der Waals surface area (Å²) in [6.45, 7) is 0. The van der Waals surface area contributed by atoms with E-state index in [1.807, 2.05) is 0 Å². The molecular formula is C28H22. The standard InChI is InChI=1S/C16H12.C12H10/c1-2-7-14-12(4-1)10-13-6-3-5-11-8-9-15(14)16(11)13;1-3-9-4-2-6-11-8-7-10(5-1)12(9)11/h1-7,10H,8-9H2;1-6H,7-8H2. The number of rotatable bonds is 0. The molecule has 0 unspecified atom stereocenters. The summed E-state index contributed by atoms with van der Waals surface area (Å²) in [5.74, 6) is 0. The summed E-state index contributed by atoms with van der Waals surface area (Å²) in [7, 11) is 0. The van der Waals surface area contributed by atoms with E-state index >= 15 is 0 Å². The molecule has 2 aliphatic carbocycles. The summed E-state index contributed by atoms with van der Waals surface area (Å²) >= 11 is 0. The Bertz CT molecular complexity index is 1320. The summed E-state index contributed by atoms with van der Waals surface area (Å²) in [5, 5.41) is 8.66. The van der Waals surface area contributed by atoms with E-state index in [9.17, 15) is 0 Å². The maximum Gasteiger partial charge on any atom is -0.0113 e. The molecule has 0 saturated carbocycles. The highest BCUT2D eigenvalue weighted by Crippen LogP contribution is 2.36. The van der Waals surface area contributed by atoms with E-state index < -0.39 is 0 Å². The molecule has 0 radical (unpaired) electrons. The molecule has 0 atom stereocenters. The zero-order valence-corrected chi connectivity index (χ0v) is 15.9. The first-order chi connectivity index (χ1) is 13.9. The largest absolute Gasteiger partial charge is 0.0616 e. The van der Waals surface area contributed by atoms with Crippen LogP contribution in [0.4, 0.5) is 0 Å². The predicted molar refractivity (Wildman–Crippen MR) is 120 cm³/mol. The Balaban J connectivity index is 0.000000116. The highest BCUT2D eigenvalue weighted by Gasteiger charge is 2.16. The molecule has 0 bridgehead atoms. The molecule has 5 aromatic carbocycles. The van der Waals surface area contributed by atoms with Gasteiger partial charge in [0.05, 0.1) is 0 Å². The predicted octanol–water partition coefficient (Wildman–Crippen LogP) is 7.03. The molecule has 0 spiro atoms. The van der Waals surface area contributed by atoms with E-state index in [1.165, 1.54) is 74.7 Å². The minimum atomic E-state index is 1.21. The summed E-state index contributed by atoms with van der Waals surface area (Å²) in [5.41, 5.74) is 6.15. The molecule has 0 heteroatoms. The molecule has 7 rings (SSSR count). The van der Waals surface area contributed by atoms with Crippen LogP contribution in [0.3, 0.4) is 0 Å². The van der Waals surface area contributed by atoms with Gasteiger partial charge < -0.3 is 0 Å². The van der Waals surface area contributed by atoms with Gasteiger partial charge in [-0.3, -0.25) is 0 Å². The van der Waals surface area contributed by atoms with Crippen molar-refractivity contribution in [1.82, 2.24) is 0 Å². The molecule has 134 valence electrons. The van der Waals surface area contributed by atoms with Crippen LogP contribution in [-0.4, -0.2) is 0 Å². The monoisotopic (exact) mass is 358 g/mol. The maximum atomic E-state index is 2.32. The number of fused-ring (bicyclic) bond motifs is 2. The molecule has 28 heavy (non-hydrogen) atoms. The van der Waals surface area contributed by atoms with Gasteiger partial charge in [0.25, 0.3) is 0 Å². The molecule has 0 nitrogen and oxygen atoms in total. The van der Waals surface area contributed by atoms with Crippen LogP contribution >= 0.6 is 0 Å². The fraction of sp³-hybridized carbons (Fsp3) is 0.143. The molecule has 0 saturated heterocycles. The third-order valence-corrected chi connectivity index (χ3v) is 6.47. The van der Waals surface area contributed by atoms with Crippen molar-refractivity contribution in [3.63, 3.8) is 0 Å². The van der Waals surface area contributed by atoms with Crippen LogP contribution in [0.5, 0.6) is 0 Å². The highest BCUT2D eigenvalue weighted by atomic mass is 14.2. The number of aryl methyl sites for hydroxylation is 4. The van der Waals surface area contributed by atoms with Crippen molar-refractivity contribution in [3.05, 3.63) is 107 Å². The average molecular weight is 358 g/mol. The zero-order valence-electron chi connectivity index (χ0n) is 15.9. The third-order valence-electron chi connectivity index (χ3n) is 6.47. The van der Waals surface area contributed by atoms with Crippen molar-refractivity contribution in [1.29, 1.82) is 0 Å². The fourth-order valence-corrected chi connectivity index (χ4v) is 5.22. The Kier molecular flexibility index (Phi) is 3.52. The minimum Gasteiger partial charge on any atom is -0.0616 e. The molecular weight excluding hydrogens is 336 g/mol. The molecule has 2 aliphatic rings. The first-order valence-electron chi connectivity index (χ1n) is 10.3. The van der Waals surface area contributed by atoms with Crippen molar-refractivity contribution in [3.8, 4) is 0 Å². The number of benzene rings is 5. The first kappa shape index (κ1) is 15.9. The average Bonchev–Trinajstić information content (AvgIpc) is 3.37. The van der Waals surface area contributed by atoms with E-state index in [2.05, 4.69) is 84.9 Å². The summed E-state index contributed by atoms with van der Waals surface area (Å²) in [6.07, 6.45) is 4.88. The summed E-state index contributed by atoms with van der Waals surface area (Å²) in [6, 6.07) is 31.0. The van der Waals surface area contributed by atoms with E-state index in [1.54, 1.807) is 5.56 Å². The first-order valence-corrected chi connectivity index (χ1v) is 10.3. The van der Waals surface area contributed by atoms with E-state index in [0.717, 1.165) is 0 Å². The second-order valence-electron chi connectivity index (χ2n) is 8.02. The second-order valence-corrected chi connectivity index (χ2v) is 8.02. The van der Waals surface area contributed by atoms with Gasteiger partial charge in [-0.15, -0.1) is 0 Å². The lowest BCUT2D eigenvalue weighted by atomic mass is 9.98. The van der Waals surface area contributed by atoms with Crippen LogP contribution < -0.4 is 0 Å². The molecule has 0 fully saturated rings. The Morgan fingerprint density at radius 1 is 0.429 bits per heavy atom. The molecule has 0 N–H and O–H groups in total. The summed E-state index contributed by atoms with van der Waals surface area (Å²) < 4.78 is 0. The Hall–Kier alpha value is -3.12. The van der Waals surface area contributed by atoms with Gasteiger partial charge in [0.1, 0.15) is 0 Å². The van der Waals surface area contributed by atoms with E-state index in [-0.39, 0.29) is 0 Å². The highest BCUT2D eigenvalue weighted by molar-refractivity contribution is 6.04. The van der Waals surface area contributed by atoms with Crippen LogP contribution in [0.25, 0.3) is 32.3 Å². The minimum absolute atomic E-state index is 1.21. The van der Waals surface area contributed by atoms with Crippen LogP contribution in [0.2, 0.25) is 0 Å². The molecule has 0 heterocycles. The molecule has 0 amide bonds. The topological polar surface area (TPSA) is 0 Å². The molecule has 0 aromatic heterocycles. The Morgan fingerprint density at radius 2 is 1.00 bits per heavy atom. The van der Waals surface area contributed by atoms with Crippen LogP contribution in [0, 0.1) is 0 Å². The lowest BCUT2D eigenvalue weighted by Crippen LogP contribution is -1.83. The summed E-state index contributed by atoms with van der Waals surface area (Å²) in [4.78, 5) is 0. The van der Waals surface area contributed by atoms with E-state index in [4.69, 9.17) is 0 Å². The van der Waals surface area contributed by atoms with Crippen molar-refractivity contribution >= 4 is 32.3 Å². The molecule has 5 aromatic rings. The van der Waals surface area contributed by atoms with Crippen molar-refractivity contribution in [2.45, 2.75) is 25.7 Å². The van der Waals surface area contributed by atoms with Crippen LogP contribution in [0.1, 0.15) is 22.3 Å². The zero-order chi connectivity index (χ0) is 18.5. The number of hydrogen-bond donors (Lipinski definition) is 0. The van der Waals surface area contributed by atoms with Crippen LogP contribution in [-0.2, 0) is 25.7 Å². The van der Waals surface area contributed by atoms with Crippen molar-refractivity contribution in [2.75, 3.05) is 0 Å². The third kappa shape index (κ3) is 2.38. The normalized spacial score (nSPS) is 13.9. The van der Waals surface area contributed by atoms with Crippen molar-refractivity contribution < 1.29 is 0 Å². The Labute approximate surface area is 165 Å². The van der Waals surface area contributed by atoms with Crippen LogP contribution in [0.15, 0.2) is 84.9 Å². The Morgan fingerprint density at radius 3 is 1.75 bits per heavy atom. The van der Waals surface area contributed by atoms with Gasteiger partial charge in [-0.25, -0.2) is 0 Å². The quantitative estimate of drug-likeness (QED) is 0.261. The van der Waals surface area contributed by atoms with Gasteiger partial charge in [-0.05, 0) is 86.3 Å².